The largest absolute Gasteiger partial charge is 0.497 e. The van der Waals surface area contributed by atoms with Crippen LogP contribution in [0.4, 0.5) is 5.69 Å². The predicted molar refractivity (Wildman–Crippen MR) is 110 cm³/mol. The summed E-state index contributed by atoms with van der Waals surface area (Å²) in [7, 11) is 1.56. The van der Waals surface area contributed by atoms with Crippen LogP contribution < -0.4 is 15.4 Å². The number of benzene rings is 2. The molecular weight excluding hydrogens is 362 g/mol. The lowest BCUT2D eigenvalue weighted by atomic mass is 10.1. The number of hydrogen-bond donors (Lipinski definition) is 2. The predicted octanol–water partition coefficient (Wildman–Crippen LogP) is 3.30. The van der Waals surface area contributed by atoms with E-state index in [1.54, 1.807) is 60.5 Å². The van der Waals surface area contributed by atoms with Crippen LogP contribution in [0.5, 0.6) is 5.75 Å². The maximum atomic E-state index is 12.4. The highest BCUT2D eigenvalue weighted by Crippen LogP contribution is 2.14. The van der Waals surface area contributed by atoms with Crippen LogP contribution in [-0.4, -0.2) is 42.0 Å². The maximum absolute atomic E-state index is 12.4. The number of nitrogens with one attached hydrogen (secondary N) is 2. The van der Waals surface area contributed by atoms with Crippen molar-refractivity contribution in [3.05, 3.63) is 59.7 Å². The number of thiocarbonyl (C=S) groups is 1. The lowest BCUT2D eigenvalue weighted by Crippen LogP contribution is -2.34. The van der Waals surface area contributed by atoms with Crippen LogP contribution in [0.25, 0.3) is 0 Å². The minimum atomic E-state index is -0.328. The third-order valence-corrected chi connectivity index (χ3v) is 4.20. The number of rotatable bonds is 6. The first-order valence-corrected chi connectivity index (χ1v) is 9.05. The van der Waals surface area contributed by atoms with Gasteiger partial charge in [-0.05, 0) is 68.5 Å². The van der Waals surface area contributed by atoms with Crippen molar-refractivity contribution >= 4 is 34.8 Å². The summed E-state index contributed by atoms with van der Waals surface area (Å²) < 4.78 is 5.07. The average Bonchev–Trinajstić information content (AvgIpc) is 2.69. The Kier molecular flexibility index (Phi) is 7.31. The molecule has 0 aliphatic carbocycles. The molecule has 0 unspecified atom stereocenters. The monoisotopic (exact) mass is 385 g/mol. The molecule has 0 aliphatic heterocycles. The van der Waals surface area contributed by atoms with Crippen molar-refractivity contribution in [1.82, 2.24) is 10.2 Å². The van der Waals surface area contributed by atoms with E-state index in [-0.39, 0.29) is 16.9 Å². The molecule has 2 rings (SSSR count). The van der Waals surface area contributed by atoms with Crippen molar-refractivity contribution in [2.45, 2.75) is 13.8 Å². The molecule has 0 saturated heterocycles. The molecule has 0 fully saturated rings. The van der Waals surface area contributed by atoms with Gasteiger partial charge in [0.2, 0.25) is 0 Å². The topological polar surface area (TPSA) is 70.7 Å². The third kappa shape index (κ3) is 5.52. The van der Waals surface area contributed by atoms with Crippen molar-refractivity contribution in [2.75, 3.05) is 25.5 Å². The molecule has 0 radical (unpaired) electrons. The molecule has 2 N–H and O–H groups in total. The Morgan fingerprint density at radius 2 is 1.70 bits per heavy atom. The van der Waals surface area contributed by atoms with Gasteiger partial charge in [-0.25, -0.2) is 0 Å². The van der Waals surface area contributed by atoms with E-state index >= 15 is 0 Å². The van der Waals surface area contributed by atoms with Crippen molar-refractivity contribution < 1.29 is 14.3 Å². The summed E-state index contributed by atoms with van der Waals surface area (Å²) in [5.41, 5.74) is 1.66. The van der Waals surface area contributed by atoms with Crippen LogP contribution in [0.1, 0.15) is 34.6 Å². The molecule has 7 heteroatoms. The number of nitrogens with zero attached hydrogens (tertiary/aromatic N) is 1. The molecule has 0 aromatic heterocycles. The summed E-state index contributed by atoms with van der Waals surface area (Å²) in [6.45, 7) is 5.16. The Balaban J connectivity index is 2.01. The molecule has 2 amide bonds. The van der Waals surface area contributed by atoms with E-state index in [4.69, 9.17) is 17.0 Å². The van der Waals surface area contributed by atoms with Crippen LogP contribution in [0.3, 0.4) is 0 Å². The number of carbonyl (C=O) groups is 2. The smallest absolute Gasteiger partial charge is 0.257 e. The van der Waals surface area contributed by atoms with E-state index in [0.29, 0.717) is 35.7 Å². The molecule has 27 heavy (non-hydrogen) atoms. The fraction of sp³-hybridized carbons (Fsp3) is 0.250. The van der Waals surface area contributed by atoms with Gasteiger partial charge in [0.25, 0.3) is 11.8 Å². The number of hydrogen-bond acceptors (Lipinski definition) is 4. The summed E-state index contributed by atoms with van der Waals surface area (Å²) in [5.74, 6) is 0.296. The highest BCUT2D eigenvalue weighted by Gasteiger charge is 2.13. The van der Waals surface area contributed by atoms with Crippen LogP contribution in [0.2, 0.25) is 0 Å². The normalized spacial score (nSPS) is 10.0. The fourth-order valence-corrected chi connectivity index (χ4v) is 2.71. The number of carbonyl (C=O) groups excluding carboxylic acids is 2. The first-order valence-electron chi connectivity index (χ1n) is 8.64. The molecular formula is C20H23N3O3S. The number of ether oxygens (including phenoxy) is 1. The molecule has 142 valence electrons. The number of amides is 2. The Morgan fingerprint density at radius 1 is 1.04 bits per heavy atom. The SMILES string of the molecule is CCN(CC)C(=O)c1cccc(NC(=S)NC(=O)c2ccc(OC)cc2)c1. The van der Waals surface area contributed by atoms with Crippen LogP contribution in [0, 0.1) is 0 Å². The van der Waals surface area contributed by atoms with Gasteiger partial charge in [0.15, 0.2) is 5.11 Å². The van der Waals surface area contributed by atoms with Gasteiger partial charge >= 0.3 is 0 Å². The van der Waals surface area contributed by atoms with Crippen LogP contribution in [-0.2, 0) is 0 Å². The Labute approximate surface area is 164 Å². The molecule has 0 saturated carbocycles. The Bertz CT molecular complexity index is 817. The Hall–Kier alpha value is -2.93. The Morgan fingerprint density at radius 3 is 2.30 bits per heavy atom. The highest BCUT2D eigenvalue weighted by molar-refractivity contribution is 7.80. The lowest BCUT2D eigenvalue weighted by molar-refractivity contribution is 0.0772. The number of methoxy groups -OCH3 is 1. The first-order chi connectivity index (χ1) is 13.0. The summed E-state index contributed by atoms with van der Waals surface area (Å²) in [5, 5.41) is 5.72. The van der Waals surface area contributed by atoms with Gasteiger partial charge in [0.05, 0.1) is 7.11 Å². The van der Waals surface area contributed by atoms with E-state index in [2.05, 4.69) is 10.6 Å². The third-order valence-electron chi connectivity index (χ3n) is 4.00. The van der Waals surface area contributed by atoms with Crippen molar-refractivity contribution in [3.8, 4) is 5.75 Å². The van der Waals surface area contributed by atoms with Crippen LogP contribution >= 0.6 is 12.2 Å². The highest BCUT2D eigenvalue weighted by atomic mass is 32.1. The molecule has 0 heterocycles. The van der Waals surface area contributed by atoms with Gasteiger partial charge < -0.3 is 15.0 Å². The minimum Gasteiger partial charge on any atom is -0.497 e. The van der Waals surface area contributed by atoms with Gasteiger partial charge in [-0.2, -0.15) is 0 Å². The molecule has 0 aliphatic rings. The lowest BCUT2D eigenvalue weighted by Gasteiger charge is -2.19. The summed E-state index contributed by atoms with van der Waals surface area (Å²) in [4.78, 5) is 26.4. The van der Waals surface area contributed by atoms with Gasteiger partial charge in [-0.15, -0.1) is 0 Å². The van der Waals surface area contributed by atoms with E-state index < -0.39 is 0 Å². The molecule has 0 atom stereocenters. The summed E-state index contributed by atoms with van der Waals surface area (Å²) >= 11 is 5.20. The van der Waals surface area contributed by atoms with Gasteiger partial charge in [0, 0.05) is 29.9 Å². The van der Waals surface area contributed by atoms with Crippen molar-refractivity contribution in [3.63, 3.8) is 0 Å². The van der Waals surface area contributed by atoms with Crippen molar-refractivity contribution in [1.29, 1.82) is 0 Å². The molecule has 6 nitrogen and oxygen atoms in total. The summed E-state index contributed by atoms with van der Waals surface area (Å²) in [6.07, 6.45) is 0. The quantitative estimate of drug-likeness (QED) is 0.747. The van der Waals surface area contributed by atoms with Crippen LogP contribution in [0.15, 0.2) is 48.5 Å². The molecule has 2 aromatic rings. The molecule has 2 aromatic carbocycles. The molecule has 0 bridgehead atoms. The van der Waals surface area contributed by atoms with Gasteiger partial charge in [0.1, 0.15) is 5.75 Å². The van der Waals surface area contributed by atoms with Crippen molar-refractivity contribution in [2.24, 2.45) is 0 Å². The minimum absolute atomic E-state index is 0.0446. The molecule has 0 spiro atoms. The van der Waals surface area contributed by atoms with E-state index in [1.807, 2.05) is 13.8 Å². The maximum Gasteiger partial charge on any atom is 0.257 e. The van der Waals surface area contributed by atoms with E-state index in [1.165, 1.54) is 0 Å². The zero-order valence-electron chi connectivity index (χ0n) is 15.6. The second kappa shape index (κ2) is 9.68. The van der Waals surface area contributed by atoms with E-state index in [9.17, 15) is 9.59 Å². The fourth-order valence-electron chi connectivity index (χ4n) is 2.50. The number of anilines is 1. The zero-order chi connectivity index (χ0) is 19.8. The second-order valence-corrected chi connectivity index (χ2v) is 6.10. The van der Waals surface area contributed by atoms with E-state index in [0.717, 1.165) is 0 Å². The second-order valence-electron chi connectivity index (χ2n) is 5.69. The van der Waals surface area contributed by atoms with Gasteiger partial charge in [-0.1, -0.05) is 6.07 Å². The zero-order valence-corrected chi connectivity index (χ0v) is 16.4. The summed E-state index contributed by atoms with van der Waals surface area (Å²) in [6, 6.07) is 13.7. The van der Waals surface area contributed by atoms with Gasteiger partial charge in [-0.3, -0.25) is 14.9 Å². The first kappa shape index (κ1) is 20.4. The standard InChI is InChI=1S/C20H23N3O3S/c1-4-23(5-2)19(25)15-7-6-8-16(13-15)21-20(27)22-18(24)14-9-11-17(26-3)12-10-14/h6-13H,4-5H2,1-3H3,(H2,21,22,24,27). The average molecular weight is 385 g/mol.